The van der Waals surface area contributed by atoms with Crippen molar-refractivity contribution in [2.45, 2.75) is 19.0 Å². The molecule has 4 aromatic rings. The lowest BCUT2D eigenvalue weighted by molar-refractivity contribution is 0.102. The lowest BCUT2D eigenvalue weighted by atomic mass is 10.1. The van der Waals surface area contributed by atoms with Crippen LogP contribution in [0.5, 0.6) is 0 Å². The number of aromatic nitrogens is 4. The molecule has 0 atom stereocenters. The van der Waals surface area contributed by atoms with Gasteiger partial charge in [-0.1, -0.05) is 0 Å². The highest BCUT2D eigenvalue weighted by molar-refractivity contribution is 7.13. The van der Waals surface area contributed by atoms with Gasteiger partial charge in [0.15, 0.2) is 5.58 Å². The zero-order valence-electron chi connectivity index (χ0n) is 18.9. The van der Waals surface area contributed by atoms with Crippen LogP contribution in [-0.2, 0) is 4.74 Å². The highest BCUT2D eigenvalue weighted by Crippen LogP contribution is 2.36. The molecule has 0 spiro atoms. The fourth-order valence-corrected chi connectivity index (χ4v) is 5.14. The maximum atomic E-state index is 13.8. The number of thiazole rings is 1. The molecule has 6 rings (SSSR count). The summed E-state index contributed by atoms with van der Waals surface area (Å²) in [6.07, 6.45) is 3.49. The predicted molar refractivity (Wildman–Crippen MR) is 131 cm³/mol. The van der Waals surface area contributed by atoms with Gasteiger partial charge >= 0.3 is 0 Å². The van der Waals surface area contributed by atoms with E-state index >= 15 is 0 Å². The van der Waals surface area contributed by atoms with E-state index in [9.17, 15) is 9.18 Å². The molecule has 35 heavy (non-hydrogen) atoms. The van der Waals surface area contributed by atoms with Gasteiger partial charge in [-0.15, -0.1) is 11.3 Å². The number of halogens is 1. The summed E-state index contributed by atoms with van der Waals surface area (Å²) >= 11 is 1.37. The van der Waals surface area contributed by atoms with E-state index in [1.54, 1.807) is 23.8 Å². The van der Waals surface area contributed by atoms with Crippen molar-refractivity contribution in [1.82, 2.24) is 20.2 Å². The Balaban J connectivity index is 1.32. The van der Waals surface area contributed by atoms with Crippen LogP contribution in [0.2, 0.25) is 0 Å². The highest BCUT2D eigenvalue weighted by Gasteiger charge is 2.25. The molecule has 0 bridgehead atoms. The van der Waals surface area contributed by atoms with Gasteiger partial charge in [0.25, 0.3) is 11.9 Å². The molecule has 2 saturated heterocycles. The van der Waals surface area contributed by atoms with Gasteiger partial charge in [-0.3, -0.25) is 9.89 Å². The van der Waals surface area contributed by atoms with Crippen LogP contribution in [0.3, 0.4) is 0 Å². The number of rotatable bonds is 5. The number of nitrogens with one attached hydrogen (secondary N) is 2. The van der Waals surface area contributed by atoms with Crippen molar-refractivity contribution in [2.24, 2.45) is 0 Å². The Labute approximate surface area is 204 Å². The minimum atomic E-state index is -0.802. The van der Waals surface area contributed by atoms with Crippen molar-refractivity contribution in [3.8, 4) is 10.6 Å². The average Bonchev–Trinajstić information content (AvgIpc) is 3.65. The molecule has 2 fully saturated rings. The number of morpholine rings is 1. The number of hydrogen-bond donors (Lipinski definition) is 2. The van der Waals surface area contributed by atoms with Crippen molar-refractivity contribution in [3.63, 3.8) is 0 Å². The van der Waals surface area contributed by atoms with Gasteiger partial charge in [-0.05, 0) is 18.9 Å². The second kappa shape index (κ2) is 9.27. The van der Waals surface area contributed by atoms with E-state index in [4.69, 9.17) is 9.15 Å². The largest absolute Gasteiger partial charge is 0.423 e. The Morgan fingerprint density at radius 1 is 1.14 bits per heavy atom. The number of alkyl halides is 1. The van der Waals surface area contributed by atoms with Gasteiger partial charge in [0.2, 0.25) is 0 Å². The van der Waals surface area contributed by atoms with Gasteiger partial charge in [-0.2, -0.15) is 10.1 Å². The number of oxazole rings is 1. The Hall–Kier alpha value is -3.51. The van der Waals surface area contributed by atoms with Gasteiger partial charge < -0.3 is 24.3 Å². The van der Waals surface area contributed by atoms with E-state index in [1.165, 1.54) is 11.3 Å². The van der Waals surface area contributed by atoms with E-state index in [1.807, 2.05) is 11.0 Å². The van der Waals surface area contributed by atoms with Crippen LogP contribution < -0.4 is 15.1 Å². The van der Waals surface area contributed by atoms with Crippen molar-refractivity contribution in [3.05, 3.63) is 35.6 Å². The van der Waals surface area contributed by atoms with Crippen LogP contribution in [0.25, 0.3) is 21.7 Å². The number of carbonyl (C=O) groups excluding carboxylic acids is 1. The monoisotopic (exact) mass is 497 g/mol. The third-order valence-corrected chi connectivity index (χ3v) is 7.16. The van der Waals surface area contributed by atoms with Gasteiger partial charge in [0.05, 0.1) is 30.8 Å². The molecule has 5 heterocycles. The van der Waals surface area contributed by atoms with E-state index in [0.29, 0.717) is 85.7 Å². The minimum absolute atomic E-state index is 0.311. The topological polar surface area (TPSA) is 112 Å². The lowest BCUT2D eigenvalue weighted by Crippen LogP contribution is -2.36. The molecule has 0 radical (unpaired) electrons. The maximum absolute atomic E-state index is 13.8. The van der Waals surface area contributed by atoms with Gasteiger partial charge in [0, 0.05) is 49.4 Å². The van der Waals surface area contributed by atoms with Crippen LogP contribution in [0.15, 0.2) is 34.3 Å². The van der Waals surface area contributed by atoms with Crippen LogP contribution in [0, 0.1) is 0 Å². The Bertz CT molecular complexity index is 1320. The Morgan fingerprint density at radius 3 is 2.74 bits per heavy atom. The molecule has 0 unspecified atom stereocenters. The smallest absolute Gasteiger partial charge is 0.298 e. The van der Waals surface area contributed by atoms with Crippen molar-refractivity contribution in [1.29, 1.82) is 0 Å². The van der Waals surface area contributed by atoms with E-state index < -0.39 is 6.17 Å². The summed E-state index contributed by atoms with van der Waals surface area (Å²) in [7, 11) is 0. The number of piperidine rings is 1. The molecule has 2 aliphatic heterocycles. The molecule has 182 valence electrons. The minimum Gasteiger partial charge on any atom is -0.423 e. The third kappa shape index (κ3) is 4.46. The predicted octanol–water partition coefficient (Wildman–Crippen LogP) is 3.70. The van der Waals surface area contributed by atoms with Crippen LogP contribution in [0.4, 0.5) is 21.8 Å². The first-order chi connectivity index (χ1) is 17.1. The number of fused-ring (bicyclic) bond motifs is 1. The summed E-state index contributed by atoms with van der Waals surface area (Å²) in [6, 6.07) is 4.24. The molecule has 3 aromatic heterocycles. The standard InChI is InChI=1S/C23H24FN7O3S/c24-15-1-3-30(4-2-15)19-9-17-20(34-23(29-17)31-5-7-33-8-6-31)10-16(19)27-21(32)18-13-35-22(28-18)14-11-25-26-12-14/h9-13,15H,1-8H2,(H,25,26)(H,27,32). The summed E-state index contributed by atoms with van der Waals surface area (Å²) in [5.74, 6) is -0.329. The summed E-state index contributed by atoms with van der Waals surface area (Å²) in [6.45, 7) is 3.78. The van der Waals surface area contributed by atoms with Crippen LogP contribution in [0.1, 0.15) is 23.3 Å². The molecule has 2 aliphatic rings. The number of amides is 1. The van der Waals surface area contributed by atoms with Crippen molar-refractivity contribution >= 4 is 45.7 Å². The Morgan fingerprint density at radius 2 is 1.97 bits per heavy atom. The first kappa shape index (κ1) is 22.0. The summed E-state index contributed by atoms with van der Waals surface area (Å²) in [5.41, 5.74) is 3.78. The number of aromatic amines is 1. The zero-order chi connectivity index (χ0) is 23.8. The van der Waals surface area contributed by atoms with E-state index in [2.05, 4.69) is 30.4 Å². The molecule has 10 nitrogen and oxygen atoms in total. The highest BCUT2D eigenvalue weighted by atomic mass is 32.1. The first-order valence-electron chi connectivity index (χ1n) is 11.6. The third-order valence-electron chi connectivity index (χ3n) is 6.27. The summed E-state index contributed by atoms with van der Waals surface area (Å²) in [5, 5.41) is 12.1. The molecule has 12 heteroatoms. The fraction of sp³-hybridized carbons (Fsp3) is 0.391. The Kier molecular flexibility index (Phi) is 5.82. The van der Waals surface area contributed by atoms with E-state index in [0.717, 1.165) is 11.3 Å². The number of ether oxygens (including phenoxy) is 1. The van der Waals surface area contributed by atoms with Crippen molar-refractivity contribution in [2.75, 3.05) is 54.5 Å². The SMILES string of the molecule is O=C(Nc1cc2oc(N3CCOCC3)nc2cc1N1CCC(F)CC1)c1csc(-c2cn[nH]c2)n1. The molecule has 1 amide bonds. The first-order valence-corrected chi connectivity index (χ1v) is 12.4. The second-order valence-corrected chi connectivity index (χ2v) is 9.43. The molecule has 2 N–H and O–H groups in total. The summed E-state index contributed by atoms with van der Waals surface area (Å²) in [4.78, 5) is 26.4. The van der Waals surface area contributed by atoms with E-state index in [-0.39, 0.29) is 5.91 Å². The number of H-pyrrole nitrogens is 1. The molecule has 1 aromatic carbocycles. The second-order valence-electron chi connectivity index (χ2n) is 8.57. The number of carbonyl (C=O) groups is 1. The quantitative estimate of drug-likeness (QED) is 0.429. The maximum Gasteiger partial charge on any atom is 0.298 e. The number of anilines is 3. The molecule has 0 saturated carbocycles. The molecular weight excluding hydrogens is 473 g/mol. The van der Waals surface area contributed by atoms with Gasteiger partial charge in [-0.25, -0.2) is 9.37 Å². The average molecular weight is 498 g/mol. The van der Waals surface area contributed by atoms with Crippen LogP contribution in [-0.4, -0.2) is 71.6 Å². The fourth-order valence-electron chi connectivity index (χ4n) is 4.36. The normalized spacial score (nSPS) is 17.3. The van der Waals surface area contributed by atoms with Crippen LogP contribution >= 0.6 is 11.3 Å². The molecular formula is C23H24FN7O3S. The van der Waals surface area contributed by atoms with Crippen molar-refractivity contribution < 1.29 is 18.3 Å². The number of nitrogens with zero attached hydrogens (tertiary/aromatic N) is 5. The molecule has 0 aliphatic carbocycles. The zero-order valence-corrected chi connectivity index (χ0v) is 19.7. The summed E-state index contributed by atoms with van der Waals surface area (Å²) < 4.78 is 25.3. The lowest BCUT2D eigenvalue weighted by Gasteiger charge is -2.32. The number of hydrogen-bond acceptors (Lipinski definition) is 9. The van der Waals surface area contributed by atoms with Gasteiger partial charge in [0.1, 0.15) is 22.4 Å². The number of benzene rings is 1.